The van der Waals surface area contributed by atoms with Crippen molar-refractivity contribution < 1.29 is 9.30 Å². The number of para-hydroxylation sites is 2. The number of ether oxygens (including phenoxy) is 1. The average molecular weight is 341 g/mol. The topological polar surface area (TPSA) is 26.0 Å². The van der Waals surface area contributed by atoms with E-state index in [1.165, 1.54) is 0 Å². The number of rotatable bonds is 1. The van der Waals surface area contributed by atoms with Crippen LogP contribution in [-0.4, -0.2) is 4.98 Å². The quantitative estimate of drug-likeness (QED) is 0.608. The van der Waals surface area contributed by atoms with E-state index < -0.39 is 0 Å². The molecule has 0 N–H and O–H groups in total. The molecule has 3 aromatic rings. The number of allylic oxidation sites excluding steroid dienone is 4. The molecule has 0 spiro atoms. The largest absolute Gasteiger partial charge is 0.457 e. The van der Waals surface area contributed by atoms with Crippen LogP contribution >= 0.6 is 0 Å². The average Bonchev–Trinajstić information content (AvgIpc) is 2.70. The summed E-state index contributed by atoms with van der Waals surface area (Å²) < 4.78 is 8.27. The second-order valence-electron chi connectivity index (χ2n) is 6.52. The van der Waals surface area contributed by atoms with Crippen molar-refractivity contribution in [3.8, 4) is 5.75 Å². The second-order valence-corrected chi connectivity index (χ2v) is 6.52. The molecule has 0 amide bonds. The summed E-state index contributed by atoms with van der Waals surface area (Å²) in [5, 5.41) is 1.08. The summed E-state index contributed by atoms with van der Waals surface area (Å²) in [5.74, 6) is 1.50. The fourth-order valence-electron chi connectivity index (χ4n) is 3.43. The van der Waals surface area contributed by atoms with Crippen LogP contribution in [0.15, 0.2) is 84.9 Å². The molecule has 4 rings (SSSR count). The van der Waals surface area contributed by atoms with Crippen molar-refractivity contribution in [1.29, 1.82) is 0 Å². The van der Waals surface area contributed by atoms with E-state index in [4.69, 9.17) is 4.74 Å². The SMILES string of the molecule is C=C1Oc2ccccc2C/C=C\C(C)=C1c1c2ccccc2nc[n+]1C. The van der Waals surface area contributed by atoms with Crippen molar-refractivity contribution >= 4 is 16.5 Å². The van der Waals surface area contributed by atoms with Gasteiger partial charge >= 0.3 is 0 Å². The van der Waals surface area contributed by atoms with Crippen molar-refractivity contribution in [3.05, 3.63) is 96.2 Å². The van der Waals surface area contributed by atoms with E-state index in [2.05, 4.69) is 42.8 Å². The number of aromatic nitrogens is 2. The van der Waals surface area contributed by atoms with E-state index in [9.17, 15) is 0 Å². The Morgan fingerprint density at radius 2 is 1.85 bits per heavy atom. The minimum absolute atomic E-state index is 0.647. The Labute approximate surface area is 153 Å². The smallest absolute Gasteiger partial charge is 0.287 e. The molecule has 1 aromatic heterocycles. The first-order valence-corrected chi connectivity index (χ1v) is 8.71. The van der Waals surface area contributed by atoms with Crippen molar-refractivity contribution in [2.24, 2.45) is 7.05 Å². The lowest BCUT2D eigenvalue weighted by Gasteiger charge is -2.16. The Morgan fingerprint density at radius 3 is 2.73 bits per heavy atom. The fraction of sp³-hybridized carbons (Fsp3) is 0.130. The highest BCUT2D eigenvalue weighted by atomic mass is 16.5. The van der Waals surface area contributed by atoms with E-state index in [1.807, 2.05) is 54.3 Å². The van der Waals surface area contributed by atoms with Crippen LogP contribution in [0.3, 0.4) is 0 Å². The third-order valence-corrected chi connectivity index (χ3v) is 4.70. The van der Waals surface area contributed by atoms with Gasteiger partial charge in [-0.2, -0.15) is 0 Å². The van der Waals surface area contributed by atoms with Gasteiger partial charge in [0, 0.05) is 0 Å². The van der Waals surface area contributed by atoms with Crippen molar-refractivity contribution in [2.45, 2.75) is 13.3 Å². The van der Waals surface area contributed by atoms with Gasteiger partial charge in [0.15, 0.2) is 5.52 Å². The summed E-state index contributed by atoms with van der Waals surface area (Å²) in [6.07, 6.45) is 7.01. The normalized spacial score (nSPS) is 15.7. The first kappa shape index (κ1) is 16.3. The highest BCUT2D eigenvalue weighted by molar-refractivity contribution is 5.93. The second kappa shape index (κ2) is 6.60. The molecule has 2 heterocycles. The lowest BCUT2D eigenvalue weighted by atomic mass is 9.99. The monoisotopic (exact) mass is 341 g/mol. The lowest BCUT2D eigenvalue weighted by Crippen LogP contribution is -2.34. The molecule has 0 bridgehead atoms. The van der Waals surface area contributed by atoms with Crippen molar-refractivity contribution in [2.75, 3.05) is 0 Å². The Balaban J connectivity index is 1.95. The van der Waals surface area contributed by atoms with Gasteiger partial charge in [-0.3, -0.25) is 0 Å². The Kier molecular flexibility index (Phi) is 4.13. The zero-order valence-electron chi connectivity index (χ0n) is 15.1. The van der Waals surface area contributed by atoms with Gasteiger partial charge in [-0.15, -0.1) is 0 Å². The third-order valence-electron chi connectivity index (χ3n) is 4.70. The zero-order valence-corrected chi connectivity index (χ0v) is 15.1. The molecule has 0 saturated carbocycles. The highest BCUT2D eigenvalue weighted by Gasteiger charge is 2.23. The molecule has 0 unspecified atom stereocenters. The lowest BCUT2D eigenvalue weighted by molar-refractivity contribution is -0.675. The number of fused-ring (bicyclic) bond motifs is 2. The molecule has 128 valence electrons. The number of hydrogen-bond donors (Lipinski definition) is 0. The highest BCUT2D eigenvalue weighted by Crippen LogP contribution is 2.33. The maximum Gasteiger partial charge on any atom is 0.287 e. The maximum atomic E-state index is 6.23. The van der Waals surface area contributed by atoms with Gasteiger partial charge in [-0.05, 0) is 47.7 Å². The van der Waals surface area contributed by atoms with E-state index in [0.29, 0.717) is 5.76 Å². The number of aryl methyl sites for hydroxylation is 1. The van der Waals surface area contributed by atoms with Gasteiger partial charge in [-0.1, -0.05) is 49.1 Å². The number of nitrogens with zero attached hydrogens (tertiary/aromatic N) is 2. The van der Waals surface area contributed by atoms with E-state index in [0.717, 1.165) is 45.5 Å². The van der Waals surface area contributed by atoms with Gasteiger partial charge < -0.3 is 4.74 Å². The zero-order chi connectivity index (χ0) is 18.1. The molecule has 0 radical (unpaired) electrons. The van der Waals surface area contributed by atoms with E-state index >= 15 is 0 Å². The van der Waals surface area contributed by atoms with E-state index in [1.54, 1.807) is 0 Å². The van der Waals surface area contributed by atoms with Crippen LogP contribution in [-0.2, 0) is 13.5 Å². The van der Waals surface area contributed by atoms with E-state index in [-0.39, 0.29) is 0 Å². The van der Waals surface area contributed by atoms with Crippen LogP contribution < -0.4 is 9.30 Å². The molecular weight excluding hydrogens is 320 g/mol. The Bertz CT molecular complexity index is 1080. The fourth-order valence-corrected chi connectivity index (χ4v) is 3.43. The molecule has 0 fully saturated rings. The molecule has 3 nitrogen and oxygen atoms in total. The van der Waals surface area contributed by atoms with Gasteiger partial charge in [0.05, 0.1) is 18.0 Å². The summed E-state index contributed by atoms with van der Waals surface area (Å²) in [4.78, 5) is 4.53. The Morgan fingerprint density at radius 1 is 1.08 bits per heavy atom. The van der Waals surface area contributed by atoms with Gasteiger partial charge in [-0.25, -0.2) is 4.57 Å². The van der Waals surface area contributed by atoms with Crippen LogP contribution in [0.25, 0.3) is 16.5 Å². The summed E-state index contributed by atoms with van der Waals surface area (Å²) >= 11 is 0. The van der Waals surface area contributed by atoms with Gasteiger partial charge in [0.1, 0.15) is 17.2 Å². The van der Waals surface area contributed by atoms with Crippen molar-refractivity contribution in [3.63, 3.8) is 0 Å². The summed E-state index contributed by atoms with van der Waals surface area (Å²) in [6.45, 7) is 6.37. The standard InChI is InChI=1S/C23H21N2O/c1-16-9-8-11-18-10-4-7-14-21(18)26-17(2)22(16)23-19-12-5-6-13-20(19)24-15-25(23)3/h4-10,12-15H,2,11H2,1,3H3/q+1/b9-8-,22-16?. The molecule has 1 aliphatic heterocycles. The predicted molar refractivity (Wildman–Crippen MR) is 105 cm³/mol. The number of hydrogen-bond acceptors (Lipinski definition) is 2. The van der Waals surface area contributed by atoms with Crippen molar-refractivity contribution in [1.82, 2.24) is 4.98 Å². The molecule has 0 aliphatic carbocycles. The summed E-state index contributed by atoms with van der Waals surface area (Å²) in [5.41, 5.74) is 5.29. The first-order chi connectivity index (χ1) is 12.6. The molecule has 0 atom stereocenters. The van der Waals surface area contributed by atoms with Crippen LogP contribution in [0, 0.1) is 0 Å². The van der Waals surface area contributed by atoms with Crippen LogP contribution in [0.1, 0.15) is 18.2 Å². The number of benzene rings is 2. The molecule has 3 heteroatoms. The van der Waals surface area contributed by atoms with Crippen LogP contribution in [0.5, 0.6) is 5.75 Å². The third kappa shape index (κ3) is 2.82. The minimum Gasteiger partial charge on any atom is -0.457 e. The van der Waals surface area contributed by atoms with Crippen LogP contribution in [0.4, 0.5) is 0 Å². The predicted octanol–water partition coefficient (Wildman–Crippen LogP) is 4.54. The molecule has 26 heavy (non-hydrogen) atoms. The van der Waals surface area contributed by atoms with Gasteiger partial charge in [0.25, 0.3) is 6.33 Å². The van der Waals surface area contributed by atoms with Gasteiger partial charge in [0.2, 0.25) is 0 Å². The van der Waals surface area contributed by atoms with Crippen LogP contribution in [0.2, 0.25) is 0 Å². The first-order valence-electron chi connectivity index (χ1n) is 8.71. The summed E-state index contributed by atoms with van der Waals surface area (Å²) in [7, 11) is 2.01. The summed E-state index contributed by atoms with van der Waals surface area (Å²) in [6, 6.07) is 16.3. The molecule has 2 aromatic carbocycles. The molecule has 1 aliphatic rings. The minimum atomic E-state index is 0.647. The molecular formula is C23H21N2O+. The Hall–Kier alpha value is -3.20. The maximum absolute atomic E-state index is 6.23. The molecule has 0 saturated heterocycles.